The van der Waals surface area contributed by atoms with Gasteiger partial charge in [-0.2, -0.15) is 18.5 Å². The molecule has 0 aliphatic carbocycles. The molecule has 3 aromatic heterocycles. The van der Waals surface area contributed by atoms with Crippen molar-refractivity contribution in [2.24, 2.45) is 0 Å². The van der Waals surface area contributed by atoms with Gasteiger partial charge >= 0.3 is 0 Å². The highest BCUT2D eigenvalue weighted by molar-refractivity contribution is 7.92. The zero-order valence-corrected chi connectivity index (χ0v) is 20.8. The number of hydrogen-bond donors (Lipinski definition) is 1. The first-order chi connectivity index (χ1) is 16.0. The number of rotatable bonds is 7. The Kier molecular flexibility index (Phi) is 6.13. The minimum absolute atomic E-state index is 0.0371. The van der Waals surface area contributed by atoms with Crippen LogP contribution in [-0.4, -0.2) is 37.7 Å². The first kappa shape index (κ1) is 23.4. The second-order valence-corrected chi connectivity index (χ2v) is 9.93. The largest absolute Gasteiger partial charge is 0.439 e. The van der Waals surface area contributed by atoms with Crippen molar-refractivity contribution in [3.8, 4) is 17.4 Å². The van der Waals surface area contributed by atoms with Crippen LogP contribution in [0.5, 0.6) is 11.6 Å². The van der Waals surface area contributed by atoms with E-state index in [4.69, 9.17) is 4.74 Å². The molecule has 0 unspecified atom stereocenters. The maximum atomic E-state index is 12.6. The molecule has 1 N–H and O–H groups in total. The SMILES string of the molecule is Cc1nc(Oc2ccc(NS(=O)(=O)c3cn(C(C)C)cn3)cc2)cc(-n2nc(C)c(C)c2C)n1. The maximum absolute atomic E-state index is 12.6. The molecule has 4 rings (SSSR count). The Morgan fingerprint density at radius 1 is 1.03 bits per heavy atom. The summed E-state index contributed by atoms with van der Waals surface area (Å²) in [7, 11) is -3.80. The number of anilines is 1. The van der Waals surface area contributed by atoms with E-state index in [1.165, 1.54) is 12.5 Å². The summed E-state index contributed by atoms with van der Waals surface area (Å²) in [4.78, 5) is 12.8. The summed E-state index contributed by atoms with van der Waals surface area (Å²) in [6.07, 6.45) is 3.01. The zero-order chi connectivity index (χ0) is 24.6. The molecule has 1 aromatic carbocycles. The van der Waals surface area contributed by atoms with Crippen molar-refractivity contribution in [2.45, 2.75) is 52.6 Å². The van der Waals surface area contributed by atoms with Gasteiger partial charge in [0, 0.05) is 29.7 Å². The molecule has 0 spiro atoms. The summed E-state index contributed by atoms with van der Waals surface area (Å²) in [6.45, 7) is 11.6. The van der Waals surface area contributed by atoms with Gasteiger partial charge in [0.1, 0.15) is 11.6 Å². The second-order valence-electron chi connectivity index (χ2n) is 8.30. The minimum Gasteiger partial charge on any atom is -0.439 e. The molecule has 11 heteroatoms. The standard InChI is InChI=1S/C23H27N7O3S/c1-14(2)29-12-23(24-13-29)34(31,32)28-19-7-9-20(10-8-19)33-22-11-21(25-18(6)26-22)30-17(5)15(3)16(4)27-30/h7-14,28H,1-6H3. The van der Waals surface area contributed by atoms with Crippen molar-refractivity contribution in [3.63, 3.8) is 0 Å². The van der Waals surface area contributed by atoms with Crippen molar-refractivity contribution in [1.82, 2.24) is 29.3 Å². The summed E-state index contributed by atoms with van der Waals surface area (Å²) >= 11 is 0. The number of hydrogen-bond acceptors (Lipinski definition) is 7. The minimum atomic E-state index is -3.80. The van der Waals surface area contributed by atoms with Crippen LogP contribution < -0.4 is 9.46 Å². The van der Waals surface area contributed by atoms with Crippen LogP contribution in [0.15, 0.2) is 47.9 Å². The number of sulfonamides is 1. The molecule has 34 heavy (non-hydrogen) atoms. The average Bonchev–Trinajstić information content (AvgIpc) is 3.37. The highest BCUT2D eigenvalue weighted by atomic mass is 32.2. The second kappa shape index (κ2) is 8.90. The van der Waals surface area contributed by atoms with Crippen LogP contribution in [0.3, 0.4) is 0 Å². The van der Waals surface area contributed by atoms with E-state index in [1.807, 2.05) is 34.6 Å². The average molecular weight is 482 g/mol. The lowest BCUT2D eigenvalue weighted by atomic mass is 10.2. The first-order valence-electron chi connectivity index (χ1n) is 10.8. The number of nitrogens with zero attached hydrogens (tertiary/aromatic N) is 6. The highest BCUT2D eigenvalue weighted by Crippen LogP contribution is 2.25. The monoisotopic (exact) mass is 481 g/mol. The lowest BCUT2D eigenvalue weighted by Crippen LogP contribution is -2.13. The van der Waals surface area contributed by atoms with Crippen LogP contribution in [0.2, 0.25) is 0 Å². The molecule has 0 fully saturated rings. The smallest absolute Gasteiger partial charge is 0.280 e. The molecular formula is C23H27N7O3S. The molecular weight excluding hydrogens is 454 g/mol. The molecule has 0 atom stereocenters. The van der Waals surface area contributed by atoms with E-state index in [2.05, 4.69) is 24.8 Å². The van der Waals surface area contributed by atoms with Gasteiger partial charge < -0.3 is 9.30 Å². The molecule has 0 radical (unpaired) electrons. The number of nitrogens with one attached hydrogen (secondary N) is 1. The lowest BCUT2D eigenvalue weighted by Gasteiger charge is -2.10. The van der Waals surface area contributed by atoms with Crippen molar-refractivity contribution < 1.29 is 13.2 Å². The highest BCUT2D eigenvalue weighted by Gasteiger charge is 2.18. The number of aryl methyl sites for hydroxylation is 2. The van der Waals surface area contributed by atoms with Crippen LogP contribution in [0.25, 0.3) is 5.82 Å². The van der Waals surface area contributed by atoms with Gasteiger partial charge in [-0.3, -0.25) is 4.72 Å². The molecule has 0 aliphatic rings. The van der Waals surface area contributed by atoms with Gasteiger partial charge in [-0.15, -0.1) is 0 Å². The van der Waals surface area contributed by atoms with E-state index in [9.17, 15) is 8.42 Å². The van der Waals surface area contributed by atoms with Gasteiger partial charge in [0.05, 0.1) is 12.0 Å². The Hall–Kier alpha value is -3.73. The number of ether oxygens (including phenoxy) is 1. The summed E-state index contributed by atoms with van der Waals surface area (Å²) in [5.41, 5.74) is 3.43. The van der Waals surface area contributed by atoms with Crippen LogP contribution in [0, 0.1) is 27.7 Å². The molecule has 0 saturated carbocycles. The summed E-state index contributed by atoms with van der Waals surface area (Å²) < 4.78 is 37.2. The van der Waals surface area contributed by atoms with E-state index < -0.39 is 10.0 Å². The van der Waals surface area contributed by atoms with Gasteiger partial charge in [0.15, 0.2) is 10.8 Å². The number of benzene rings is 1. The molecule has 4 aromatic rings. The predicted molar refractivity (Wildman–Crippen MR) is 128 cm³/mol. The van der Waals surface area contributed by atoms with Crippen LogP contribution in [0.4, 0.5) is 5.69 Å². The van der Waals surface area contributed by atoms with E-state index >= 15 is 0 Å². The Morgan fingerprint density at radius 2 is 1.74 bits per heavy atom. The van der Waals surface area contributed by atoms with E-state index in [0.29, 0.717) is 29.0 Å². The van der Waals surface area contributed by atoms with Gasteiger partial charge in [-0.1, -0.05) is 0 Å². The zero-order valence-electron chi connectivity index (χ0n) is 19.9. The van der Waals surface area contributed by atoms with Crippen molar-refractivity contribution >= 4 is 15.7 Å². The van der Waals surface area contributed by atoms with Gasteiger partial charge in [0.25, 0.3) is 10.0 Å². The topological polar surface area (TPSA) is 117 Å². The van der Waals surface area contributed by atoms with Crippen LogP contribution >= 0.6 is 0 Å². The third kappa shape index (κ3) is 4.79. The fourth-order valence-electron chi connectivity index (χ4n) is 3.29. The third-order valence-corrected chi connectivity index (χ3v) is 6.72. The molecule has 0 aliphatic heterocycles. The summed E-state index contributed by atoms with van der Waals surface area (Å²) in [5.74, 6) is 2.02. The van der Waals surface area contributed by atoms with E-state index in [-0.39, 0.29) is 11.1 Å². The first-order valence-corrected chi connectivity index (χ1v) is 12.2. The van der Waals surface area contributed by atoms with Gasteiger partial charge in [-0.05, 0) is 71.4 Å². The Labute approximate surface area is 198 Å². The molecule has 0 bridgehead atoms. The number of imidazole rings is 1. The third-order valence-electron chi connectivity index (χ3n) is 5.45. The normalized spacial score (nSPS) is 11.7. The van der Waals surface area contributed by atoms with Crippen LogP contribution in [0.1, 0.15) is 42.7 Å². The van der Waals surface area contributed by atoms with Crippen molar-refractivity contribution in [2.75, 3.05) is 4.72 Å². The van der Waals surface area contributed by atoms with Gasteiger partial charge in [-0.25, -0.2) is 14.6 Å². The molecule has 3 heterocycles. The summed E-state index contributed by atoms with van der Waals surface area (Å²) in [6, 6.07) is 8.39. The quantitative estimate of drug-likeness (QED) is 0.419. The Morgan fingerprint density at radius 3 is 2.32 bits per heavy atom. The molecule has 0 saturated heterocycles. The van der Waals surface area contributed by atoms with Gasteiger partial charge in [0.2, 0.25) is 5.88 Å². The van der Waals surface area contributed by atoms with Crippen molar-refractivity contribution in [3.05, 3.63) is 65.6 Å². The molecule has 0 amide bonds. The number of aromatic nitrogens is 6. The van der Waals surface area contributed by atoms with Crippen LogP contribution in [-0.2, 0) is 10.0 Å². The lowest BCUT2D eigenvalue weighted by molar-refractivity contribution is 0.459. The van der Waals surface area contributed by atoms with E-state index in [0.717, 1.165) is 17.0 Å². The fraction of sp³-hybridized carbons (Fsp3) is 0.304. The van der Waals surface area contributed by atoms with E-state index in [1.54, 1.807) is 46.5 Å². The maximum Gasteiger partial charge on any atom is 0.280 e. The van der Waals surface area contributed by atoms with Crippen molar-refractivity contribution in [1.29, 1.82) is 0 Å². The fourth-order valence-corrected chi connectivity index (χ4v) is 4.29. The Bertz CT molecular complexity index is 1440. The predicted octanol–water partition coefficient (Wildman–Crippen LogP) is 4.27. The molecule has 178 valence electrons. The molecule has 10 nitrogen and oxygen atoms in total. The Balaban J connectivity index is 1.51. The summed E-state index contributed by atoms with van der Waals surface area (Å²) in [5, 5.41) is 4.51.